The third-order valence-electron chi connectivity index (χ3n) is 4.25. The molecule has 0 amide bonds. The molecule has 0 atom stereocenters. The highest BCUT2D eigenvalue weighted by Crippen LogP contribution is 2.33. The lowest BCUT2D eigenvalue weighted by Crippen LogP contribution is -2.51. The van der Waals surface area contributed by atoms with E-state index in [9.17, 15) is 0 Å². The molecule has 0 bridgehead atoms. The molecular weight excluding hydrogens is 264 g/mol. The molecule has 1 aliphatic rings. The number of nitrogens with two attached hydrogens (primary N) is 1. The van der Waals surface area contributed by atoms with Gasteiger partial charge in [-0.05, 0) is 32.0 Å². The smallest absolute Gasteiger partial charge is 0.0931 e. The summed E-state index contributed by atoms with van der Waals surface area (Å²) in [5, 5.41) is 0. The van der Waals surface area contributed by atoms with E-state index < -0.39 is 0 Å². The van der Waals surface area contributed by atoms with E-state index in [0.29, 0.717) is 0 Å². The van der Waals surface area contributed by atoms with Crippen LogP contribution in [0.1, 0.15) is 43.4 Å². The van der Waals surface area contributed by atoms with Crippen LogP contribution in [0.15, 0.2) is 12.1 Å². The molecule has 2 rings (SSSR count). The molecule has 1 aromatic rings. The van der Waals surface area contributed by atoms with Crippen molar-refractivity contribution in [1.29, 1.82) is 0 Å². The molecule has 0 saturated heterocycles. The second-order valence-electron chi connectivity index (χ2n) is 5.40. The summed E-state index contributed by atoms with van der Waals surface area (Å²) in [5.41, 5.74) is 6.30. The first-order chi connectivity index (χ1) is 8.66. The minimum atomic E-state index is 0.201. The average Bonchev–Trinajstić information content (AvgIpc) is 2.65. The second-order valence-corrected chi connectivity index (χ2v) is 7.20. The first kappa shape index (κ1) is 14.3. The Bertz CT molecular complexity index is 370. The summed E-state index contributed by atoms with van der Waals surface area (Å²) in [6.07, 6.45) is 7.82. The molecule has 1 aromatic heterocycles. The van der Waals surface area contributed by atoms with Crippen LogP contribution in [-0.2, 0) is 6.54 Å². The van der Waals surface area contributed by atoms with Crippen LogP contribution >= 0.6 is 22.9 Å². The number of thiophene rings is 1. The monoisotopic (exact) mass is 286 g/mol. The van der Waals surface area contributed by atoms with Crippen LogP contribution in [0, 0.1) is 0 Å². The molecule has 0 aliphatic heterocycles. The lowest BCUT2D eigenvalue weighted by molar-refractivity contribution is 0.101. The summed E-state index contributed by atoms with van der Waals surface area (Å²) in [6.45, 7) is 1.73. The number of nitrogens with zero attached hydrogens (tertiary/aromatic N) is 1. The lowest BCUT2D eigenvalue weighted by Gasteiger charge is -2.40. The summed E-state index contributed by atoms with van der Waals surface area (Å²) in [6, 6.07) is 4.11. The Labute approximate surface area is 119 Å². The van der Waals surface area contributed by atoms with Crippen molar-refractivity contribution in [2.75, 3.05) is 13.6 Å². The van der Waals surface area contributed by atoms with Crippen molar-refractivity contribution in [2.45, 2.75) is 50.6 Å². The highest BCUT2D eigenvalue weighted by atomic mass is 35.5. The van der Waals surface area contributed by atoms with Gasteiger partial charge in [-0.15, -0.1) is 11.3 Å². The van der Waals surface area contributed by atoms with Gasteiger partial charge < -0.3 is 5.73 Å². The van der Waals surface area contributed by atoms with Gasteiger partial charge in [-0.2, -0.15) is 0 Å². The van der Waals surface area contributed by atoms with E-state index >= 15 is 0 Å². The van der Waals surface area contributed by atoms with Gasteiger partial charge in [0.05, 0.1) is 4.34 Å². The molecule has 2 N–H and O–H groups in total. The zero-order valence-electron chi connectivity index (χ0n) is 11.1. The quantitative estimate of drug-likeness (QED) is 0.851. The minimum absolute atomic E-state index is 0.201. The maximum absolute atomic E-state index is 6.10. The fourth-order valence-corrected chi connectivity index (χ4v) is 4.11. The van der Waals surface area contributed by atoms with E-state index in [-0.39, 0.29) is 5.54 Å². The van der Waals surface area contributed by atoms with E-state index in [1.807, 2.05) is 6.07 Å². The van der Waals surface area contributed by atoms with Gasteiger partial charge in [0.1, 0.15) is 0 Å². The molecule has 1 aliphatic carbocycles. The van der Waals surface area contributed by atoms with Gasteiger partial charge >= 0.3 is 0 Å². The zero-order valence-corrected chi connectivity index (χ0v) is 12.7. The van der Waals surface area contributed by atoms with E-state index in [4.69, 9.17) is 17.3 Å². The summed E-state index contributed by atoms with van der Waals surface area (Å²) in [4.78, 5) is 3.79. The third-order valence-corrected chi connectivity index (χ3v) is 5.46. The molecule has 1 heterocycles. The Morgan fingerprint density at radius 2 is 1.94 bits per heavy atom. The Kier molecular flexibility index (Phi) is 5.07. The van der Waals surface area contributed by atoms with Crippen molar-refractivity contribution in [1.82, 2.24) is 4.90 Å². The van der Waals surface area contributed by atoms with Gasteiger partial charge in [0, 0.05) is 23.5 Å². The van der Waals surface area contributed by atoms with Gasteiger partial charge in [0.2, 0.25) is 0 Å². The Hall–Kier alpha value is -0.0900. The Morgan fingerprint density at radius 1 is 1.28 bits per heavy atom. The van der Waals surface area contributed by atoms with Crippen LogP contribution in [0.2, 0.25) is 4.34 Å². The molecule has 0 aromatic carbocycles. The van der Waals surface area contributed by atoms with Crippen LogP contribution in [0.5, 0.6) is 0 Å². The van der Waals surface area contributed by atoms with Gasteiger partial charge in [0.25, 0.3) is 0 Å². The minimum Gasteiger partial charge on any atom is -0.329 e. The molecule has 1 saturated carbocycles. The van der Waals surface area contributed by atoms with Crippen LogP contribution in [0.25, 0.3) is 0 Å². The summed E-state index contributed by atoms with van der Waals surface area (Å²) >= 11 is 7.68. The number of rotatable bonds is 4. The van der Waals surface area contributed by atoms with Crippen molar-refractivity contribution >= 4 is 22.9 Å². The highest BCUT2D eigenvalue weighted by molar-refractivity contribution is 7.16. The SMILES string of the molecule is CN(Cc1ccc(Cl)s1)C1(CN)CCCCCC1. The van der Waals surface area contributed by atoms with Gasteiger partial charge in [0.15, 0.2) is 0 Å². The highest BCUT2D eigenvalue weighted by Gasteiger charge is 2.33. The second kappa shape index (κ2) is 6.38. The molecule has 1 fully saturated rings. The first-order valence-electron chi connectivity index (χ1n) is 6.82. The lowest BCUT2D eigenvalue weighted by atomic mass is 9.88. The van der Waals surface area contributed by atoms with Crippen LogP contribution in [0.3, 0.4) is 0 Å². The predicted octanol–water partition coefficient (Wildman–Crippen LogP) is 3.89. The fourth-order valence-electron chi connectivity index (χ4n) is 2.97. The summed E-state index contributed by atoms with van der Waals surface area (Å²) < 4.78 is 0.876. The average molecular weight is 287 g/mol. The van der Waals surface area contributed by atoms with Crippen molar-refractivity contribution in [3.63, 3.8) is 0 Å². The largest absolute Gasteiger partial charge is 0.329 e. The molecule has 2 nitrogen and oxygen atoms in total. The van der Waals surface area contributed by atoms with E-state index in [1.165, 1.54) is 43.4 Å². The summed E-state index contributed by atoms with van der Waals surface area (Å²) in [7, 11) is 2.21. The van der Waals surface area contributed by atoms with Crippen LogP contribution in [0.4, 0.5) is 0 Å². The van der Waals surface area contributed by atoms with Gasteiger partial charge in [-0.1, -0.05) is 37.3 Å². The Morgan fingerprint density at radius 3 is 2.44 bits per heavy atom. The molecular formula is C14H23ClN2S. The van der Waals surface area contributed by atoms with Crippen LogP contribution in [-0.4, -0.2) is 24.0 Å². The zero-order chi connectivity index (χ0) is 13.0. The van der Waals surface area contributed by atoms with Crippen molar-refractivity contribution in [3.05, 3.63) is 21.3 Å². The van der Waals surface area contributed by atoms with E-state index in [0.717, 1.165) is 17.4 Å². The summed E-state index contributed by atoms with van der Waals surface area (Å²) in [5.74, 6) is 0. The number of hydrogen-bond donors (Lipinski definition) is 1. The number of hydrogen-bond acceptors (Lipinski definition) is 3. The Balaban J connectivity index is 2.06. The first-order valence-corrected chi connectivity index (χ1v) is 8.01. The van der Waals surface area contributed by atoms with E-state index in [2.05, 4.69) is 18.0 Å². The van der Waals surface area contributed by atoms with Crippen LogP contribution < -0.4 is 5.73 Å². The standard InChI is InChI=1S/C14H23ClN2S/c1-17(10-12-6-7-13(15)18-12)14(11-16)8-4-2-3-5-9-14/h6-7H,2-5,8-11,16H2,1H3. The van der Waals surface area contributed by atoms with Crippen molar-refractivity contribution in [2.24, 2.45) is 5.73 Å². The number of halogens is 1. The molecule has 0 unspecified atom stereocenters. The molecule has 0 radical (unpaired) electrons. The predicted molar refractivity (Wildman–Crippen MR) is 80.3 cm³/mol. The molecule has 4 heteroatoms. The third kappa shape index (κ3) is 3.27. The van der Waals surface area contributed by atoms with Crippen molar-refractivity contribution in [3.8, 4) is 0 Å². The maximum atomic E-state index is 6.10. The molecule has 102 valence electrons. The molecule has 0 spiro atoms. The fraction of sp³-hybridized carbons (Fsp3) is 0.714. The molecule has 18 heavy (non-hydrogen) atoms. The number of likely N-dealkylation sites (N-methyl/N-ethyl adjacent to an activating group) is 1. The van der Waals surface area contributed by atoms with Gasteiger partial charge in [-0.25, -0.2) is 0 Å². The van der Waals surface area contributed by atoms with Crippen molar-refractivity contribution < 1.29 is 0 Å². The maximum Gasteiger partial charge on any atom is 0.0931 e. The normalized spacial score (nSPS) is 20.0. The topological polar surface area (TPSA) is 29.3 Å². The van der Waals surface area contributed by atoms with E-state index in [1.54, 1.807) is 11.3 Å². The van der Waals surface area contributed by atoms with Gasteiger partial charge in [-0.3, -0.25) is 4.90 Å².